The van der Waals surface area contributed by atoms with Crippen LogP contribution in [0.5, 0.6) is 0 Å². The molecule has 0 bridgehead atoms. The maximum atomic E-state index is 12.8. The molecule has 2 aromatic carbocycles. The molecule has 0 fully saturated rings. The average Bonchev–Trinajstić information content (AvgIpc) is 3.33. The summed E-state index contributed by atoms with van der Waals surface area (Å²) in [4.78, 5) is 27.6. The number of aromatic nitrogens is 6. The highest BCUT2D eigenvalue weighted by Crippen LogP contribution is 2.25. The third-order valence-corrected chi connectivity index (χ3v) is 5.96. The molecule has 31 heavy (non-hydrogen) atoms. The van der Waals surface area contributed by atoms with Crippen LogP contribution in [0.4, 0.5) is 0 Å². The molecule has 3 aromatic heterocycles. The first-order valence-corrected chi connectivity index (χ1v) is 10.7. The normalized spacial score (nSPS) is 11.5. The van der Waals surface area contributed by atoms with Crippen LogP contribution in [0.25, 0.3) is 28.3 Å². The molecule has 0 saturated carbocycles. The minimum absolute atomic E-state index is 0.415. The van der Waals surface area contributed by atoms with E-state index < -0.39 is 11.2 Å². The lowest BCUT2D eigenvalue weighted by molar-refractivity contribution is 0.665. The zero-order valence-electron chi connectivity index (χ0n) is 16.7. The Bertz CT molecular complexity index is 1510. The lowest BCUT2D eigenvalue weighted by atomic mass is 10.1. The Morgan fingerprint density at radius 3 is 2.48 bits per heavy atom. The standard InChI is InChI=1S/C22H19BrN6O2/c1-27-20-17(19(30)24-22(27)31)28(13-5-8-14-6-3-2-4-7-14)21-26-25-18(29(20)21)15-9-11-16(23)12-10-15/h2-4,6-7,9-12H,5,8,13H2,1H3,(H,24,30,31). The summed E-state index contributed by atoms with van der Waals surface area (Å²) in [6.07, 6.45) is 1.68. The second-order valence-electron chi connectivity index (χ2n) is 7.40. The van der Waals surface area contributed by atoms with E-state index in [0.717, 1.165) is 22.9 Å². The lowest BCUT2D eigenvalue weighted by Crippen LogP contribution is -2.29. The Hall–Kier alpha value is -3.46. The first-order valence-electron chi connectivity index (χ1n) is 9.91. The summed E-state index contributed by atoms with van der Waals surface area (Å²) in [7, 11) is 1.64. The Balaban J connectivity index is 1.69. The number of imidazole rings is 1. The molecule has 0 radical (unpaired) electrons. The highest BCUT2D eigenvalue weighted by Gasteiger charge is 2.22. The molecular formula is C22H19BrN6O2. The Kier molecular flexibility index (Phi) is 4.82. The number of halogens is 1. The van der Waals surface area contributed by atoms with E-state index >= 15 is 0 Å². The summed E-state index contributed by atoms with van der Waals surface area (Å²) >= 11 is 3.44. The minimum atomic E-state index is -0.476. The quantitative estimate of drug-likeness (QED) is 0.420. The van der Waals surface area contributed by atoms with E-state index in [4.69, 9.17) is 0 Å². The van der Waals surface area contributed by atoms with Crippen molar-refractivity contribution in [3.63, 3.8) is 0 Å². The molecule has 5 rings (SSSR count). The molecule has 9 heteroatoms. The zero-order chi connectivity index (χ0) is 21.5. The van der Waals surface area contributed by atoms with Crippen LogP contribution in [0.15, 0.2) is 68.7 Å². The van der Waals surface area contributed by atoms with Crippen molar-refractivity contribution >= 4 is 32.9 Å². The van der Waals surface area contributed by atoms with E-state index in [1.165, 1.54) is 10.1 Å². The largest absolute Gasteiger partial charge is 0.329 e. The van der Waals surface area contributed by atoms with E-state index in [1.807, 2.05) is 47.0 Å². The molecule has 3 heterocycles. The molecule has 5 aromatic rings. The Morgan fingerprint density at radius 2 is 1.74 bits per heavy atom. The number of aromatic amines is 1. The maximum Gasteiger partial charge on any atom is 0.329 e. The predicted molar refractivity (Wildman–Crippen MR) is 122 cm³/mol. The first kappa shape index (κ1) is 19.5. The van der Waals surface area contributed by atoms with Crippen LogP contribution in [0, 0.1) is 0 Å². The highest BCUT2D eigenvalue weighted by molar-refractivity contribution is 9.10. The van der Waals surface area contributed by atoms with Crippen LogP contribution >= 0.6 is 15.9 Å². The van der Waals surface area contributed by atoms with Gasteiger partial charge in [0.1, 0.15) is 0 Å². The van der Waals surface area contributed by atoms with Crippen LogP contribution in [0.1, 0.15) is 12.0 Å². The molecule has 0 amide bonds. The molecule has 0 aliphatic heterocycles. The molecule has 156 valence electrons. The van der Waals surface area contributed by atoms with E-state index in [1.54, 1.807) is 11.4 Å². The lowest BCUT2D eigenvalue weighted by Gasteiger charge is -2.05. The van der Waals surface area contributed by atoms with Gasteiger partial charge < -0.3 is 4.57 Å². The van der Waals surface area contributed by atoms with Gasteiger partial charge in [-0.3, -0.25) is 14.3 Å². The van der Waals surface area contributed by atoms with E-state index in [9.17, 15) is 9.59 Å². The van der Waals surface area contributed by atoms with Crippen LogP contribution in [-0.4, -0.2) is 28.7 Å². The molecule has 0 saturated heterocycles. The number of hydrogen-bond donors (Lipinski definition) is 1. The molecule has 1 N–H and O–H groups in total. The van der Waals surface area contributed by atoms with E-state index in [2.05, 4.69) is 43.2 Å². The fourth-order valence-corrected chi connectivity index (χ4v) is 4.19. The van der Waals surface area contributed by atoms with Gasteiger partial charge in [-0.25, -0.2) is 9.20 Å². The van der Waals surface area contributed by atoms with Crippen LogP contribution in [-0.2, 0) is 20.0 Å². The second kappa shape index (κ2) is 7.66. The van der Waals surface area contributed by atoms with Gasteiger partial charge in [0.2, 0.25) is 5.78 Å². The van der Waals surface area contributed by atoms with Gasteiger partial charge in [0.05, 0.1) is 0 Å². The minimum Gasteiger partial charge on any atom is -0.302 e. The summed E-state index contributed by atoms with van der Waals surface area (Å²) in [5.41, 5.74) is 2.06. The topological polar surface area (TPSA) is 90.0 Å². The number of nitrogens with one attached hydrogen (secondary N) is 1. The van der Waals surface area contributed by atoms with Crippen molar-refractivity contribution < 1.29 is 0 Å². The van der Waals surface area contributed by atoms with Gasteiger partial charge in [-0.05, 0) is 30.5 Å². The fourth-order valence-electron chi connectivity index (χ4n) is 3.93. The van der Waals surface area contributed by atoms with Crippen molar-refractivity contribution in [2.45, 2.75) is 19.4 Å². The maximum absolute atomic E-state index is 12.8. The van der Waals surface area contributed by atoms with Crippen molar-refractivity contribution in [1.29, 1.82) is 0 Å². The number of fused-ring (bicyclic) bond motifs is 3. The van der Waals surface area contributed by atoms with Gasteiger partial charge in [0.25, 0.3) is 5.56 Å². The second-order valence-corrected chi connectivity index (χ2v) is 8.31. The zero-order valence-corrected chi connectivity index (χ0v) is 18.3. The molecule has 0 atom stereocenters. The molecule has 0 aliphatic rings. The van der Waals surface area contributed by atoms with E-state index in [-0.39, 0.29) is 0 Å². The summed E-state index contributed by atoms with van der Waals surface area (Å²) in [5.74, 6) is 1.11. The monoisotopic (exact) mass is 478 g/mol. The van der Waals surface area contributed by atoms with Crippen molar-refractivity contribution in [2.24, 2.45) is 7.05 Å². The molecule has 0 unspecified atom stereocenters. The summed E-state index contributed by atoms with van der Waals surface area (Å²) in [6.45, 7) is 0.571. The molecular weight excluding hydrogens is 460 g/mol. The van der Waals surface area contributed by atoms with Gasteiger partial charge in [0.15, 0.2) is 17.0 Å². The SMILES string of the molecule is Cn1c(=O)[nH]c(=O)c2c1n1c(-c3ccc(Br)cc3)nnc1n2CCCc1ccccc1. The first-order chi connectivity index (χ1) is 15.0. The average molecular weight is 479 g/mol. The Morgan fingerprint density at radius 1 is 1.00 bits per heavy atom. The third-order valence-electron chi connectivity index (χ3n) is 5.43. The number of rotatable bonds is 5. The smallest absolute Gasteiger partial charge is 0.302 e. The summed E-state index contributed by atoms with van der Waals surface area (Å²) in [5, 5.41) is 8.77. The van der Waals surface area contributed by atoms with Gasteiger partial charge in [-0.1, -0.05) is 58.4 Å². The number of aryl methyl sites for hydroxylation is 3. The van der Waals surface area contributed by atoms with Crippen LogP contribution < -0.4 is 11.2 Å². The third kappa shape index (κ3) is 3.31. The van der Waals surface area contributed by atoms with Crippen LogP contribution in [0.3, 0.4) is 0 Å². The van der Waals surface area contributed by atoms with E-state index in [0.29, 0.717) is 29.3 Å². The van der Waals surface area contributed by atoms with Gasteiger partial charge in [0, 0.05) is 23.6 Å². The Labute approximate surface area is 184 Å². The fraction of sp³-hybridized carbons (Fsp3) is 0.182. The summed E-state index contributed by atoms with van der Waals surface area (Å²) in [6, 6.07) is 17.9. The predicted octanol–water partition coefficient (Wildman–Crippen LogP) is 3.13. The van der Waals surface area contributed by atoms with Gasteiger partial charge in [-0.15, -0.1) is 10.2 Å². The molecule has 8 nitrogen and oxygen atoms in total. The number of nitrogens with zero attached hydrogens (tertiary/aromatic N) is 5. The van der Waals surface area contributed by atoms with Gasteiger partial charge >= 0.3 is 5.69 Å². The number of hydrogen-bond acceptors (Lipinski definition) is 4. The number of H-pyrrole nitrogens is 1. The highest BCUT2D eigenvalue weighted by atomic mass is 79.9. The molecule has 0 aliphatic carbocycles. The summed E-state index contributed by atoms with van der Waals surface area (Å²) < 4.78 is 6.02. The van der Waals surface area contributed by atoms with Crippen molar-refractivity contribution in [3.05, 3.63) is 85.5 Å². The van der Waals surface area contributed by atoms with Gasteiger partial charge in [-0.2, -0.15) is 0 Å². The van der Waals surface area contributed by atoms with Crippen molar-refractivity contribution in [1.82, 2.24) is 28.7 Å². The number of benzene rings is 2. The molecule has 0 spiro atoms. The van der Waals surface area contributed by atoms with Crippen molar-refractivity contribution in [3.8, 4) is 11.4 Å². The van der Waals surface area contributed by atoms with Crippen molar-refractivity contribution in [2.75, 3.05) is 0 Å². The van der Waals surface area contributed by atoms with Crippen LogP contribution in [0.2, 0.25) is 0 Å².